The Labute approximate surface area is 118 Å². The van der Waals surface area contributed by atoms with Crippen LogP contribution in [0.3, 0.4) is 0 Å². The van der Waals surface area contributed by atoms with Crippen LogP contribution in [-0.2, 0) is 4.79 Å². The molecule has 2 heterocycles. The highest BCUT2D eigenvalue weighted by molar-refractivity contribution is 5.82. The Morgan fingerprint density at radius 1 is 1.30 bits per heavy atom. The van der Waals surface area contributed by atoms with E-state index >= 15 is 0 Å². The molecule has 1 saturated heterocycles. The number of para-hydroxylation sites is 2. The van der Waals surface area contributed by atoms with E-state index in [2.05, 4.69) is 0 Å². The molecule has 1 N–H and O–H groups in total. The third-order valence-corrected chi connectivity index (χ3v) is 3.90. The number of nitrogens with zero attached hydrogens (tertiary/aromatic N) is 1. The van der Waals surface area contributed by atoms with Crippen LogP contribution in [0.15, 0.2) is 24.3 Å². The largest absolute Gasteiger partial charge is 0.485 e. The van der Waals surface area contributed by atoms with Gasteiger partial charge in [0.05, 0.1) is 12.6 Å². The van der Waals surface area contributed by atoms with Crippen molar-refractivity contribution in [3.63, 3.8) is 0 Å². The molecule has 0 radical (unpaired) electrons. The zero-order valence-electron chi connectivity index (χ0n) is 11.3. The average Bonchev–Trinajstić information content (AvgIpc) is 2.53. The van der Waals surface area contributed by atoms with Crippen molar-refractivity contribution < 1.29 is 19.4 Å². The van der Waals surface area contributed by atoms with Gasteiger partial charge in [0.15, 0.2) is 11.5 Å². The van der Waals surface area contributed by atoms with Crippen molar-refractivity contribution in [3.05, 3.63) is 24.3 Å². The van der Waals surface area contributed by atoms with Gasteiger partial charge in [0.1, 0.15) is 6.61 Å². The number of aliphatic hydroxyl groups excluding tert-OH is 1. The summed E-state index contributed by atoms with van der Waals surface area (Å²) in [6.07, 6.45) is 2.27. The minimum Gasteiger partial charge on any atom is -0.485 e. The van der Waals surface area contributed by atoms with Crippen LogP contribution in [0.2, 0.25) is 0 Å². The third-order valence-electron chi connectivity index (χ3n) is 3.90. The van der Waals surface area contributed by atoms with Crippen LogP contribution in [0.25, 0.3) is 0 Å². The first-order chi connectivity index (χ1) is 9.79. The second-order valence-corrected chi connectivity index (χ2v) is 5.23. The highest BCUT2D eigenvalue weighted by Crippen LogP contribution is 2.31. The van der Waals surface area contributed by atoms with Gasteiger partial charge in [0.2, 0.25) is 6.10 Å². The van der Waals surface area contributed by atoms with Crippen LogP contribution in [-0.4, -0.2) is 47.8 Å². The van der Waals surface area contributed by atoms with Gasteiger partial charge < -0.3 is 19.5 Å². The summed E-state index contributed by atoms with van der Waals surface area (Å²) in [4.78, 5) is 14.3. The van der Waals surface area contributed by atoms with Gasteiger partial charge in [-0.1, -0.05) is 12.1 Å². The maximum Gasteiger partial charge on any atom is 0.267 e. The third kappa shape index (κ3) is 2.45. The molecule has 0 aromatic heterocycles. The van der Waals surface area contributed by atoms with Crippen LogP contribution < -0.4 is 9.47 Å². The first kappa shape index (κ1) is 13.2. The van der Waals surface area contributed by atoms with Crippen LogP contribution in [0.4, 0.5) is 0 Å². The van der Waals surface area contributed by atoms with Crippen molar-refractivity contribution in [2.45, 2.75) is 31.4 Å². The molecule has 0 aliphatic carbocycles. The summed E-state index contributed by atoms with van der Waals surface area (Å²) in [5.41, 5.74) is 0. The number of piperidine rings is 1. The lowest BCUT2D eigenvalue weighted by Crippen LogP contribution is -2.53. The Balaban J connectivity index is 1.72. The number of fused-ring (bicyclic) bond motifs is 1. The summed E-state index contributed by atoms with van der Waals surface area (Å²) in [5, 5.41) is 9.40. The standard InChI is InChI=1S/C15H19NO4/c17-9-11-5-3-4-8-16(11)15(18)14-10-19-12-6-1-2-7-13(12)20-14/h1-2,6-7,11,14,17H,3-5,8-10H2/t11-,14+/m0/s1. The molecule has 0 spiro atoms. The van der Waals surface area contributed by atoms with E-state index in [0.29, 0.717) is 18.0 Å². The monoisotopic (exact) mass is 277 g/mol. The second kappa shape index (κ2) is 5.71. The van der Waals surface area contributed by atoms with Gasteiger partial charge in [-0.2, -0.15) is 0 Å². The summed E-state index contributed by atoms with van der Waals surface area (Å²) >= 11 is 0. The van der Waals surface area contributed by atoms with E-state index < -0.39 is 6.10 Å². The SMILES string of the molecule is O=C([C@H]1COc2ccccc2O1)N1CCCC[C@H]1CO. The Morgan fingerprint density at radius 3 is 2.90 bits per heavy atom. The first-order valence-corrected chi connectivity index (χ1v) is 7.09. The van der Waals surface area contributed by atoms with Crippen LogP contribution in [0.5, 0.6) is 11.5 Å². The topological polar surface area (TPSA) is 59.0 Å². The zero-order valence-corrected chi connectivity index (χ0v) is 11.3. The fraction of sp³-hybridized carbons (Fsp3) is 0.533. The summed E-state index contributed by atoms with van der Waals surface area (Å²) in [6.45, 7) is 0.923. The van der Waals surface area contributed by atoms with E-state index in [-0.39, 0.29) is 25.2 Å². The number of rotatable bonds is 2. The molecule has 1 aromatic rings. The van der Waals surface area contributed by atoms with Crippen LogP contribution in [0.1, 0.15) is 19.3 Å². The number of benzene rings is 1. The molecular weight excluding hydrogens is 258 g/mol. The van der Waals surface area contributed by atoms with Gasteiger partial charge in [-0.15, -0.1) is 0 Å². The van der Waals surface area contributed by atoms with E-state index in [1.807, 2.05) is 18.2 Å². The molecule has 2 atom stereocenters. The number of aliphatic hydroxyl groups is 1. The molecule has 5 nitrogen and oxygen atoms in total. The molecule has 108 valence electrons. The van der Waals surface area contributed by atoms with Gasteiger partial charge in [-0.25, -0.2) is 0 Å². The minimum atomic E-state index is -0.614. The molecule has 0 saturated carbocycles. The number of amides is 1. The first-order valence-electron chi connectivity index (χ1n) is 7.09. The Bertz CT molecular complexity index is 491. The minimum absolute atomic E-state index is 0.00983. The lowest BCUT2D eigenvalue weighted by molar-refractivity contribution is -0.146. The van der Waals surface area contributed by atoms with Gasteiger partial charge in [0, 0.05) is 6.54 Å². The molecule has 1 amide bonds. The van der Waals surface area contributed by atoms with Crippen LogP contribution in [0, 0.1) is 0 Å². The highest BCUT2D eigenvalue weighted by Gasteiger charge is 2.35. The molecule has 5 heteroatoms. The van der Waals surface area contributed by atoms with Crippen molar-refractivity contribution in [2.75, 3.05) is 19.8 Å². The van der Waals surface area contributed by atoms with Gasteiger partial charge >= 0.3 is 0 Å². The molecule has 1 aromatic carbocycles. The van der Waals surface area contributed by atoms with E-state index in [4.69, 9.17) is 9.47 Å². The Kier molecular flexibility index (Phi) is 3.78. The molecule has 3 rings (SSSR count). The molecule has 1 fully saturated rings. The Morgan fingerprint density at radius 2 is 2.10 bits per heavy atom. The predicted molar refractivity (Wildman–Crippen MR) is 72.8 cm³/mol. The second-order valence-electron chi connectivity index (χ2n) is 5.23. The zero-order chi connectivity index (χ0) is 13.9. The molecule has 2 aliphatic rings. The fourth-order valence-corrected chi connectivity index (χ4v) is 2.81. The van der Waals surface area contributed by atoms with Crippen molar-refractivity contribution in [2.24, 2.45) is 0 Å². The summed E-state index contributed by atoms with van der Waals surface area (Å²) in [7, 11) is 0. The predicted octanol–water partition coefficient (Wildman–Crippen LogP) is 1.20. The fourth-order valence-electron chi connectivity index (χ4n) is 2.81. The van der Waals surface area contributed by atoms with E-state index in [0.717, 1.165) is 19.3 Å². The van der Waals surface area contributed by atoms with Crippen molar-refractivity contribution in [1.82, 2.24) is 4.90 Å². The molecular formula is C15H19NO4. The number of hydrogen-bond donors (Lipinski definition) is 1. The maximum atomic E-state index is 12.5. The highest BCUT2D eigenvalue weighted by atomic mass is 16.6. The Hall–Kier alpha value is -1.75. The van der Waals surface area contributed by atoms with Gasteiger partial charge in [-0.3, -0.25) is 4.79 Å². The number of likely N-dealkylation sites (tertiary alicyclic amines) is 1. The van der Waals surface area contributed by atoms with E-state index in [9.17, 15) is 9.90 Å². The summed E-state index contributed by atoms with van der Waals surface area (Å²) < 4.78 is 11.3. The maximum absolute atomic E-state index is 12.5. The van der Waals surface area contributed by atoms with Gasteiger partial charge in [0.25, 0.3) is 5.91 Å². The molecule has 0 unspecified atom stereocenters. The number of hydrogen-bond acceptors (Lipinski definition) is 4. The van der Waals surface area contributed by atoms with Crippen molar-refractivity contribution in [3.8, 4) is 11.5 Å². The number of carbonyl (C=O) groups is 1. The number of ether oxygens (including phenoxy) is 2. The van der Waals surface area contributed by atoms with Crippen LogP contribution >= 0.6 is 0 Å². The summed E-state index contributed by atoms with van der Waals surface area (Å²) in [6, 6.07) is 7.27. The molecule has 20 heavy (non-hydrogen) atoms. The molecule has 0 bridgehead atoms. The quantitative estimate of drug-likeness (QED) is 0.882. The van der Waals surface area contributed by atoms with E-state index in [1.165, 1.54) is 0 Å². The lowest BCUT2D eigenvalue weighted by Gasteiger charge is -2.37. The smallest absolute Gasteiger partial charge is 0.267 e. The average molecular weight is 277 g/mol. The van der Waals surface area contributed by atoms with Crippen molar-refractivity contribution in [1.29, 1.82) is 0 Å². The van der Waals surface area contributed by atoms with Crippen molar-refractivity contribution >= 4 is 5.91 Å². The molecule has 2 aliphatic heterocycles. The van der Waals surface area contributed by atoms with E-state index in [1.54, 1.807) is 11.0 Å². The lowest BCUT2D eigenvalue weighted by atomic mass is 10.0. The summed E-state index contributed by atoms with van der Waals surface area (Å²) in [5.74, 6) is 1.20. The van der Waals surface area contributed by atoms with Gasteiger partial charge in [-0.05, 0) is 31.4 Å². The normalized spacial score (nSPS) is 25.4. The number of carbonyl (C=O) groups excluding carboxylic acids is 1.